The normalized spacial score (nSPS) is 12.9. The second-order valence-electron chi connectivity index (χ2n) is 5.98. The Bertz CT molecular complexity index is 1030. The van der Waals surface area contributed by atoms with Crippen LogP contribution >= 0.6 is 11.3 Å². The zero-order valence-corrected chi connectivity index (χ0v) is 16.3. The summed E-state index contributed by atoms with van der Waals surface area (Å²) in [5.41, 5.74) is 0.863. The Morgan fingerprint density at radius 1 is 1.22 bits per heavy atom. The maximum Gasteiger partial charge on any atom is 0.241 e. The van der Waals surface area contributed by atoms with Gasteiger partial charge in [0.1, 0.15) is 10.8 Å². The van der Waals surface area contributed by atoms with Crippen molar-refractivity contribution in [1.82, 2.24) is 14.6 Å². The van der Waals surface area contributed by atoms with E-state index < -0.39 is 28.3 Å². The highest BCUT2D eigenvalue weighted by atomic mass is 32.2. The van der Waals surface area contributed by atoms with Crippen LogP contribution in [0.15, 0.2) is 53.4 Å². The quantitative estimate of drug-likeness (QED) is 0.681. The smallest absolute Gasteiger partial charge is 0.241 e. The summed E-state index contributed by atoms with van der Waals surface area (Å²) in [6, 6.07) is 11.8. The number of thiazole rings is 1. The summed E-state index contributed by atoms with van der Waals surface area (Å²) in [7, 11) is -2.29. The number of benzene rings is 2. The monoisotopic (exact) mass is 407 g/mol. The molecule has 1 heterocycles. The number of sulfonamides is 1. The van der Waals surface area contributed by atoms with Gasteiger partial charge in [0.25, 0.3) is 0 Å². The first-order chi connectivity index (χ1) is 12.8. The lowest BCUT2D eigenvalue weighted by atomic mass is 10.3. The topological polar surface area (TPSA) is 79.4 Å². The highest BCUT2D eigenvalue weighted by Crippen LogP contribution is 2.28. The summed E-state index contributed by atoms with van der Waals surface area (Å²) in [5.74, 6) is -0.929. The number of likely N-dealkylation sites (N-methyl/N-ethyl adjacent to an activating group) is 1. The van der Waals surface area contributed by atoms with Gasteiger partial charge < -0.3 is 4.90 Å². The third kappa shape index (κ3) is 4.32. The minimum absolute atomic E-state index is 0.0985. The summed E-state index contributed by atoms with van der Waals surface area (Å²) >= 11 is 1.49. The van der Waals surface area contributed by atoms with Gasteiger partial charge in [0.15, 0.2) is 0 Å². The molecule has 0 aliphatic heterocycles. The number of aromatic nitrogens is 1. The number of carbonyl (C=O) groups excluding carboxylic acids is 1. The van der Waals surface area contributed by atoms with Gasteiger partial charge in [-0.2, -0.15) is 0 Å². The molecule has 1 amide bonds. The molecule has 27 heavy (non-hydrogen) atoms. The molecule has 0 unspecified atom stereocenters. The molecule has 3 aromatic rings. The standard InChI is InChI=1S/C18H18FN3O3S2/c1-12(18-21-15-5-3-4-6-16(15)26-18)22(2)17(23)11-20-27(24,25)14-9-7-13(19)8-10-14/h3-10,12,20H,11H2,1-2H3/t12-/m0/s1. The van der Waals surface area contributed by atoms with Gasteiger partial charge in [0, 0.05) is 7.05 Å². The fraction of sp³-hybridized carbons (Fsp3) is 0.222. The molecule has 9 heteroatoms. The molecule has 0 saturated heterocycles. The zero-order valence-electron chi connectivity index (χ0n) is 14.7. The molecule has 0 aliphatic rings. The van der Waals surface area contributed by atoms with E-state index in [1.165, 1.54) is 16.2 Å². The lowest BCUT2D eigenvalue weighted by Gasteiger charge is -2.23. The van der Waals surface area contributed by atoms with Gasteiger partial charge in [-0.25, -0.2) is 22.5 Å². The minimum atomic E-state index is -3.89. The van der Waals surface area contributed by atoms with Crippen LogP contribution in [-0.4, -0.2) is 37.8 Å². The van der Waals surface area contributed by atoms with Gasteiger partial charge >= 0.3 is 0 Å². The lowest BCUT2D eigenvalue weighted by Crippen LogP contribution is -2.39. The van der Waals surface area contributed by atoms with E-state index in [9.17, 15) is 17.6 Å². The summed E-state index contributed by atoms with van der Waals surface area (Å²) in [6.45, 7) is 1.44. The molecule has 2 aromatic carbocycles. The van der Waals surface area contributed by atoms with Crippen molar-refractivity contribution in [3.8, 4) is 0 Å². The van der Waals surface area contributed by atoms with Crippen LogP contribution in [-0.2, 0) is 14.8 Å². The Hall–Kier alpha value is -2.36. The van der Waals surface area contributed by atoms with Crippen LogP contribution < -0.4 is 4.72 Å². The predicted molar refractivity (Wildman–Crippen MR) is 102 cm³/mol. The molecular formula is C18H18FN3O3S2. The number of carbonyl (C=O) groups is 1. The molecule has 142 valence electrons. The lowest BCUT2D eigenvalue weighted by molar-refractivity contribution is -0.130. The van der Waals surface area contributed by atoms with Crippen molar-refractivity contribution in [3.63, 3.8) is 0 Å². The van der Waals surface area contributed by atoms with E-state index >= 15 is 0 Å². The second kappa shape index (κ2) is 7.71. The van der Waals surface area contributed by atoms with Crippen LogP contribution in [0, 0.1) is 5.82 Å². The summed E-state index contributed by atoms with van der Waals surface area (Å²) < 4.78 is 40.6. The molecule has 1 aromatic heterocycles. The highest BCUT2D eigenvalue weighted by molar-refractivity contribution is 7.89. The number of para-hydroxylation sites is 1. The first kappa shape index (κ1) is 19.4. The van der Waals surface area contributed by atoms with Crippen molar-refractivity contribution in [2.24, 2.45) is 0 Å². The van der Waals surface area contributed by atoms with Crippen LogP contribution in [0.4, 0.5) is 4.39 Å². The van der Waals surface area contributed by atoms with Gasteiger partial charge in [0.05, 0.1) is 27.7 Å². The Labute approximate surface area is 160 Å². The van der Waals surface area contributed by atoms with Gasteiger partial charge in [-0.15, -0.1) is 11.3 Å². The Kier molecular flexibility index (Phi) is 5.54. The van der Waals surface area contributed by atoms with E-state index in [1.54, 1.807) is 7.05 Å². The molecule has 0 bridgehead atoms. The summed E-state index contributed by atoms with van der Waals surface area (Å²) in [5, 5.41) is 0.772. The van der Waals surface area contributed by atoms with Gasteiger partial charge in [-0.3, -0.25) is 4.79 Å². The predicted octanol–water partition coefficient (Wildman–Crippen LogP) is 2.93. The zero-order chi connectivity index (χ0) is 19.6. The number of nitrogens with zero attached hydrogens (tertiary/aromatic N) is 2. The Balaban J connectivity index is 1.67. The van der Waals surface area contributed by atoms with Crippen LogP contribution in [0.1, 0.15) is 18.0 Å². The van der Waals surface area contributed by atoms with E-state index in [4.69, 9.17) is 0 Å². The van der Waals surface area contributed by atoms with Crippen LogP contribution in [0.2, 0.25) is 0 Å². The third-order valence-electron chi connectivity index (χ3n) is 4.18. The Morgan fingerprint density at radius 3 is 2.56 bits per heavy atom. The maximum absolute atomic E-state index is 12.9. The Morgan fingerprint density at radius 2 is 1.89 bits per heavy atom. The van der Waals surface area contributed by atoms with Gasteiger partial charge in [-0.05, 0) is 43.3 Å². The number of rotatable bonds is 6. The minimum Gasteiger partial charge on any atom is -0.335 e. The van der Waals surface area contributed by atoms with E-state index in [2.05, 4.69) is 9.71 Å². The fourth-order valence-corrected chi connectivity index (χ4v) is 4.47. The van der Waals surface area contributed by atoms with Crippen LogP contribution in [0.25, 0.3) is 10.2 Å². The van der Waals surface area contributed by atoms with E-state index in [0.717, 1.165) is 39.5 Å². The number of halogens is 1. The number of hydrogen-bond acceptors (Lipinski definition) is 5. The molecule has 1 N–H and O–H groups in total. The fourth-order valence-electron chi connectivity index (χ4n) is 2.43. The first-order valence-corrected chi connectivity index (χ1v) is 10.4. The second-order valence-corrected chi connectivity index (χ2v) is 8.81. The highest BCUT2D eigenvalue weighted by Gasteiger charge is 2.22. The largest absolute Gasteiger partial charge is 0.335 e. The molecule has 0 fully saturated rings. The van der Waals surface area contributed by atoms with Crippen molar-refractivity contribution in [3.05, 3.63) is 59.4 Å². The number of hydrogen-bond donors (Lipinski definition) is 1. The summed E-state index contributed by atoms with van der Waals surface area (Å²) in [6.07, 6.45) is 0. The van der Waals surface area contributed by atoms with Crippen LogP contribution in [0.5, 0.6) is 0 Å². The van der Waals surface area contributed by atoms with Gasteiger partial charge in [0.2, 0.25) is 15.9 Å². The molecule has 0 saturated carbocycles. The first-order valence-electron chi connectivity index (χ1n) is 8.14. The number of fused-ring (bicyclic) bond motifs is 1. The molecule has 6 nitrogen and oxygen atoms in total. The molecule has 0 aliphatic carbocycles. The average Bonchev–Trinajstić information content (AvgIpc) is 3.09. The molecule has 0 spiro atoms. The van der Waals surface area contributed by atoms with E-state index in [0.29, 0.717) is 0 Å². The van der Waals surface area contributed by atoms with Crippen molar-refractivity contribution >= 4 is 37.5 Å². The van der Waals surface area contributed by atoms with Crippen molar-refractivity contribution in [2.75, 3.05) is 13.6 Å². The average molecular weight is 407 g/mol. The number of nitrogens with one attached hydrogen (secondary N) is 1. The van der Waals surface area contributed by atoms with Crippen LogP contribution in [0.3, 0.4) is 0 Å². The van der Waals surface area contributed by atoms with E-state index in [1.807, 2.05) is 31.2 Å². The van der Waals surface area contributed by atoms with Crippen molar-refractivity contribution < 1.29 is 17.6 Å². The molecular weight excluding hydrogens is 389 g/mol. The molecule has 0 radical (unpaired) electrons. The molecule has 1 atom stereocenters. The third-order valence-corrected chi connectivity index (χ3v) is 6.80. The van der Waals surface area contributed by atoms with Gasteiger partial charge in [-0.1, -0.05) is 12.1 Å². The van der Waals surface area contributed by atoms with E-state index in [-0.39, 0.29) is 10.9 Å². The number of amides is 1. The molecule has 3 rings (SSSR count). The van der Waals surface area contributed by atoms with Crippen molar-refractivity contribution in [2.45, 2.75) is 17.9 Å². The summed E-state index contributed by atoms with van der Waals surface area (Å²) in [4.78, 5) is 18.3. The van der Waals surface area contributed by atoms with Crippen molar-refractivity contribution in [1.29, 1.82) is 0 Å². The SMILES string of the molecule is C[C@@H](c1nc2ccccc2s1)N(C)C(=O)CNS(=O)(=O)c1ccc(F)cc1. The maximum atomic E-state index is 12.9.